The van der Waals surface area contributed by atoms with Crippen LogP contribution in [-0.4, -0.2) is 4.98 Å². The molecule has 0 radical (unpaired) electrons. The summed E-state index contributed by atoms with van der Waals surface area (Å²) in [6, 6.07) is 51.8. The van der Waals surface area contributed by atoms with Gasteiger partial charge < -0.3 is 0 Å². The maximum absolute atomic E-state index is 4.59. The highest BCUT2D eigenvalue weighted by atomic mass is 14.7. The molecule has 1 heterocycles. The molecule has 0 atom stereocenters. The zero-order chi connectivity index (χ0) is 32.4. The lowest BCUT2D eigenvalue weighted by Gasteiger charge is -2.27. The quantitative estimate of drug-likeness (QED) is 0.180. The number of hydrogen-bond acceptors (Lipinski definition) is 1. The molecule has 230 valence electrons. The summed E-state index contributed by atoms with van der Waals surface area (Å²) in [4.78, 5) is 4.59. The van der Waals surface area contributed by atoms with Crippen LogP contribution in [0.15, 0.2) is 146 Å². The number of hydrogen-bond donors (Lipinski definition) is 0. The summed E-state index contributed by atoms with van der Waals surface area (Å²) >= 11 is 0. The average Bonchev–Trinajstić information content (AvgIpc) is 3.13. The average molecular weight is 616 g/mol. The Morgan fingerprint density at radius 3 is 2.02 bits per heavy atom. The minimum absolute atomic E-state index is 0.103. The number of pyridine rings is 1. The van der Waals surface area contributed by atoms with Crippen LogP contribution in [0.5, 0.6) is 0 Å². The molecule has 0 amide bonds. The maximum atomic E-state index is 4.59. The van der Waals surface area contributed by atoms with Gasteiger partial charge in [0.05, 0.1) is 5.69 Å². The van der Waals surface area contributed by atoms with Crippen LogP contribution < -0.4 is 0 Å². The fraction of sp³-hybridized carbons (Fsp3) is 0.128. The van der Waals surface area contributed by atoms with Gasteiger partial charge >= 0.3 is 0 Å². The van der Waals surface area contributed by atoms with E-state index in [9.17, 15) is 0 Å². The van der Waals surface area contributed by atoms with E-state index in [2.05, 4.69) is 153 Å². The summed E-state index contributed by atoms with van der Waals surface area (Å²) in [5, 5.41) is 8.08. The summed E-state index contributed by atoms with van der Waals surface area (Å²) in [5.41, 5.74) is 14.2. The van der Waals surface area contributed by atoms with Gasteiger partial charge in [-0.15, -0.1) is 0 Å². The highest BCUT2D eigenvalue weighted by molar-refractivity contribution is 6.17. The zero-order valence-electron chi connectivity index (χ0n) is 27.7. The molecule has 0 unspecified atom stereocenters. The monoisotopic (exact) mass is 615 g/mol. The smallest absolute Gasteiger partial charge is 0.0701 e. The molecule has 1 heteroatoms. The predicted molar refractivity (Wildman–Crippen MR) is 205 cm³/mol. The molecule has 0 saturated heterocycles. The molecule has 1 nitrogen and oxygen atoms in total. The Kier molecular flexibility index (Phi) is 6.59. The van der Waals surface area contributed by atoms with Crippen LogP contribution in [0, 0.1) is 0 Å². The zero-order valence-corrected chi connectivity index (χ0v) is 27.7. The lowest BCUT2D eigenvalue weighted by Crippen LogP contribution is -2.13. The van der Waals surface area contributed by atoms with E-state index in [0.717, 1.165) is 24.1 Å². The van der Waals surface area contributed by atoms with Gasteiger partial charge in [0, 0.05) is 11.8 Å². The van der Waals surface area contributed by atoms with Crippen molar-refractivity contribution >= 4 is 32.3 Å². The topological polar surface area (TPSA) is 12.9 Å². The first-order valence-electron chi connectivity index (χ1n) is 17.1. The van der Waals surface area contributed by atoms with Crippen molar-refractivity contribution in [3.8, 4) is 44.6 Å². The number of fused-ring (bicyclic) bond motifs is 1. The van der Waals surface area contributed by atoms with Gasteiger partial charge in [-0.25, -0.2) is 0 Å². The first-order valence-corrected chi connectivity index (χ1v) is 17.1. The highest BCUT2D eigenvalue weighted by Gasteiger charge is 2.24. The molecule has 1 aliphatic carbocycles. The van der Waals surface area contributed by atoms with E-state index < -0.39 is 0 Å². The van der Waals surface area contributed by atoms with Crippen LogP contribution in [0.2, 0.25) is 0 Å². The summed E-state index contributed by atoms with van der Waals surface area (Å²) in [7, 11) is 0. The van der Waals surface area contributed by atoms with Crippen LogP contribution in [0.25, 0.3) is 77.0 Å². The Bertz CT molecular complexity index is 2510. The Labute approximate surface area is 282 Å². The highest BCUT2D eigenvalue weighted by Crippen LogP contribution is 2.46. The number of rotatable bonds is 4. The third-order valence-corrected chi connectivity index (χ3v) is 10.3. The Morgan fingerprint density at radius 2 is 1.21 bits per heavy atom. The normalized spacial score (nSPS) is 12.7. The summed E-state index contributed by atoms with van der Waals surface area (Å²) in [5.74, 6) is 0. The molecule has 7 aromatic carbocycles. The molecule has 0 N–H and O–H groups in total. The number of aryl methyl sites for hydroxylation is 2. The lowest BCUT2D eigenvalue weighted by molar-refractivity contribution is 0.590. The van der Waals surface area contributed by atoms with E-state index in [1.165, 1.54) is 82.4 Å². The molecule has 0 aliphatic heterocycles. The molecule has 0 spiro atoms. The van der Waals surface area contributed by atoms with Gasteiger partial charge in [-0.2, -0.15) is 0 Å². The van der Waals surface area contributed by atoms with Crippen molar-refractivity contribution in [2.45, 2.75) is 39.0 Å². The summed E-state index contributed by atoms with van der Waals surface area (Å²) in [6.07, 6.45) is 3.95. The second kappa shape index (κ2) is 11.0. The first-order chi connectivity index (χ1) is 23.4. The van der Waals surface area contributed by atoms with E-state index in [4.69, 9.17) is 0 Å². The van der Waals surface area contributed by atoms with Gasteiger partial charge in [0.25, 0.3) is 0 Å². The number of aromatic nitrogens is 1. The van der Waals surface area contributed by atoms with Crippen molar-refractivity contribution in [2.24, 2.45) is 0 Å². The van der Waals surface area contributed by atoms with Crippen LogP contribution in [0.3, 0.4) is 0 Å². The SMILES string of the molecule is CC(C)(C)c1cc2c3c(ccc4c(-c5ccc(-c6ccccn6)cc5)cc(-c5cccc(-c6ccc7ccccc7c6)c5)c(c43)CC2)c1. The van der Waals surface area contributed by atoms with Crippen LogP contribution >= 0.6 is 0 Å². The fourth-order valence-electron chi connectivity index (χ4n) is 7.77. The van der Waals surface area contributed by atoms with Gasteiger partial charge in [-0.3, -0.25) is 4.98 Å². The molecule has 0 saturated carbocycles. The Hall–Kier alpha value is -5.53. The maximum Gasteiger partial charge on any atom is 0.0701 e. The number of nitrogens with zero attached hydrogens (tertiary/aromatic N) is 1. The van der Waals surface area contributed by atoms with Crippen LogP contribution in [-0.2, 0) is 18.3 Å². The van der Waals surface area contributed by atoms with Gasteiger partial charge in [-0.05, 0) is 131 Å². The van der Waals surface area contributed by atoms with Crippen molar-refractivity contribution < 1.29 is 0 Å². The molecule has 0 bridgehead atoms. The molecule has 1 aliphatic rings. The molecule has 0 fully saturated rings. The molecular formula is C47H37N. The van der Waals surface area contributed by atoms with E-state index in [1.54, 1.807) is 0 Å². The van der Waals surface area contributed by atoms with Crippen molar-refractivity contribution in [3.63, 3.8) is 0 Å². The summed E-state index contributed by atoms with van der Waals surface area (Å²) in [6.45, 7) is 6.97. The third kappa shape index (κ3) is 4.81. The molecular weight excluding hydrogens is 579 g/mol. The van der Waals surface area contributed by atoms with Crippen molar-refractivity contribution in [1.82, 2.24) is 4.98 Å². The standard InChI is InChI=1S/C47H37N/c1-47(2,3)39-27-37-20-22-40-42(31-15-17-32(18-16-31)44-13-6-7-24-48-44)29-43(41-23-21-38(28-39)45(37)46(40)41)36-12-8-11-34(26-36)35-19-14-30-9-4-5-10-33(30)25-35/h4-20,22,24-29H,21,23H2,1-3H3. The molecule has 48 heavy (non-hydrogen) atoms. The molecule has 9 rings (SSSR count). The predicted octanol–water partition coefficient (Wildman–Crippen LogP) is 12.6. The van der Waals surface area contributed by atoms with E-state index >= 15 is 0 Å². The van der Waals surface area contributed by atoms with Crippen molar-refractivity contribution in [2.75, 3.05) is 0 Å². The first kappa shape index (κ1) is 28.7. The Morgan fingerprint density at radius 1 is 0.479 bits per heavy atom. The third-order valence-electron chi connectivity index (χ3n) is 10.3. The minimum Gasteiger partial charge on any atom is -0.256 e. The summed E-state index contributed by atoms with van der Waals surface area (Å²) < 4.78 is 0. The molecule has 1 aromatic heterocycles. The second-order valence-corrected chi connectivity index (χ2v) is 14.4. The van der Waals surface area contributed by atoms with Crippen LogP contribution in [0.1, 0.15) is 37.5 Å². The lowest BCUT2D eigenvalue weighted by atomic mass is 9.77. The molecule has 8 aromatic rings. The van der Waals surface area contributed by atoms with Gasteiger partial charge in [0.15, 0.2) is 0 Å². The van der Waals surface area contributed by atoms with Gasteiger partial charge in [-0.1, -0.05) is 130 Å². The van der Waals surface area contributed by atoms with Gasteiger partial charge in [0.1, 0.15) is 0 Å². The van der Waals surface area contributed by atoms with E-state index in [-0.39, 0.29) is 5.41 Å². The van der Waals surface area contributed by atoms with E-state index in [0.29, 0.717) is 0 Å². The second-order valence-electron chi connectivity index (χ2n) is 14.4. The largest absolute Gasteiger partial charge is 0.256 e. The fourth-order valence-corrected chi connectivity index (χ4v) is 7.77. The van der Waals surface area contributed by atoms with E-state index in [1.807, 2.05) is 18.3 Å². The number of benzene rings is 7. The Balaban J connectivity index is 1.28. The van der Waals surface area contributed by atoms with Crippen molar-refractivity contribution in [3.05, 3.63) is 162 Å². The minimum atomic E-state index is 0.103. The van der Waals surface area contributed by atoms with Crippen molar-refractivity contribution in [1.29, 1.82) is 0 Å². The van der Waals surface area contributed by atoms with Crippen LogP contribution in [0.4, 0.5) is 0 Å². The van der Waals surface area contributed by atoms with Gasteiger partial charge in [0.2, 0.25) is 0 Å².